The van der Waals surface area contributed by atoms with Crippen molar-refractivity contribution in [2.75, 3.05) is 5.32 Å². The van der Waals surface area contributed by atoms with Crippen molar-refractivity contribution in [1.29, 1.82) is 0 Å². The summed E-state index contributed by atoms with van der Waals surface area (Å²) in [4.78, 5) is 26.5. The summed E-state index contributed by atoms with van der Waals surface area (Å²) < 4.78 is 61.4. The second-order valence-corrected chi connectivity index (χ2v) is 8.91. The zero-order valence-electron chi connectivity index (χ0n) is 20.1. The van der Waals surface area contributed by atoms with Crippen LogP contribution < -0.4 is 5.32 Å². The Hall–Kier alpha value is -4.11. The number of nitrogens with one attached hydrogen (secondary N) is 1. The summed E-state index contributed by atoms with van der Waals surface area (Å²) in [5.74, 6) is -2.26. The van der Waals surface area contributed by atoms with Crippen LogP contribution in [0.4, 0.5) is 23.2 Å². The van der Waals surface area contributed by atoms with Crippen molar-refractivity contribution in [2.24, 2.45) is 0 Å². The lowest BCUT2D eigenvalue weighted by atomic mass is 10.1. The maximum atomic E-state index is 13.6. The molecule has 0 fully saturated rings. The fourth-order valence-electron chi connectivity index (χ4n) is 4.09. The zero-order chi connectivity index (χ0) is 27.6. The Kier molecular flexibility index (Phi) is 7.59. The Morgan fingerprint density at radius 2 is 1.61 bits per heavy atom. The minimum Gasteiger partial charge on any atom is -0.444 e. The third kappa shape index (κ3) is 5.73. The maximum Gasteiger partial charge on any atom is 0.418 e. The summed E-state index contributed by atoms with van der Waals surface area (Å²) >= 11 is 5.73. The molecule has 0 aliphatic heterocycles. The van der Waals surface area contributed by atoms with Gasteiger partial charge in [0.15, 0.2) is 0 Å². The van der Waals surface area contributed by atoms with E-state index in [9.17, 15) is 27.2 Å². The van der Waals surface area contributed by atoms with Crippen LogP contribution in [0.2, 0.25) is 5.02 Å². The number of aromatic nitrogens is 1. The molecule has 0 aliphatic carbocycles. The summed E-state index contributed by atoms with van der Waals surface area (Å²) in [7, 11) is 0. The SMILES string of the molecule is Cc1cc(C(=O)O[C@H](C(=O)Nc2ccc(Cl)cc2C(F)(F)F)c2ccccc2)c(C)n1-c1ccc(F)cc1. The highest BCUT2D eigenvalue weighted by Crippen LogP contribution is 2.37. The molecule has 196 valence electrons. The number of ether oxygens (including phenoxy) is 1. The topological polar surface area (TPSA) is 60.3 Å². The molecule has 0 unspecified atom stereocenters. The zero-order valence-corrected chi connectivity index (χ0v) is 20.9. The van der Waals surface area contributed by atoms with Crippen LogP contribution in [0, 0.1) is 19.7 Å². The van der Waals surface area contributed by atoms with Crippen LogP contribution in [0.3, 0.4) is 0 Å². The molecule has 0 saturated heterocycles. The molecule has 1 amide bonds. The van der Waals surface area contributed by atoms with Crippen LogP contribution in [0.5, 0.6) is 0 Å². The van der Waals surface area contributed by atoms with E-state index in [0.717, 1.165) is 6.07 Å². The van der Waals surface area contributed by atoms with Gasteiger partial charge in [0.2, 0.25) is 6.10 Å². The Bertz CT molecular complexity index is 1480. The molecule has 0 saturated carbocycles. The molecule has 1 atom stereocenters. The first-order valence-electron chi connectivity index (χ1n) is 11.3. The monoisotopic (exact) mass is 544 g/mol. The smallest absolute Gasteiger partial charge is 0.418 e. The number of amides is 1. The fourth-order valence-corrected chi connectivity index (χ4v) is 4.26. The molecule has 1 aromatic heterocycles. The van der Waals surface area contributed by atoms with Gasteiger partial charge >= 0.3 is 12.1 Å². The van der Waals surface area contributed by atoms with Crippen LogP contribution in [-0.4, -0.2) is 16.4 Å². The van der Waals surface area contributed by atoms with Gasteiger partial charge in [-0.1, -0.05) is 41.9 Å². The highest BCUT2D eigenvalue weighted by Gasteiger charge is 2.35. The number of esters is 1. The number of hydrogen-bond donors (Lipinski definition) is 1. The number of nitrogens with zero attached hydrogens (tertiary/aromatic N) is 1. The van der Waals surface area contributed by atoms with Gasteiger partial charge in [0.05, 0.1) is 16.8 Å². The van der Waals surface area contributed by atoms with E-state index in [4.69, 9.17) is 16.3 Å². The minimum absolute atomic E-state index is 0.142. The van der Waals surface area contributed by atoms with E-state index in [1.807, 2.05) is 0 Å². The number of anilines is 1. The predicted octanol–water partition coefficient (Wildman–Crippen LogP) is 7.44. The van der Waals surface area contributed by atoms with Crippen molar-refractivity contribution < 1.29 is 31.9 Å². The van der Waals surface area contributed by atoms with Crippen molar-refractivity contribution >= 4 is 29.2 Å². The first-order valence-corrected chi connectivity index (χ1v) is 11.7. The summed E-state index contributed by atoms with van der Waals surface area (Å²) in [6.07, 6.45) is -6.35. The highest BCUT2D eigenvalue weighted by molar-refractivity contribution is 6.30. The molecule has 10 heteroatoms. The van der Waals surface area contributed by atoms with Gasteiger partial charge in [-0.15, -0.1) is 0 Å². The van der Waals surface area contributed by atoms with Gasteiger partial charge in [-0.25, -0.2) is 9.18 Å². The maximum absolute atomic E-state index is 13.6. The Labute approximate surface area is 220 Å². The second kappa shape index (κ2) is 10.7. The number of hydrogen-bond acceptors (Lipinski definition) is 3. The van der Waals surface area contributed by atoms with Crippen molar-refractivity contribution in [1.82, 2.24) is 4.57 Å². The number of aryl methyl sites for hydroxylation is 1. The number of alkyl halides is 3. The van der Waals surface area contributed by atoms with Crippen LogP contribution >= 0.6 is 11.6 Å². The lowest BCUT2D eigenvalue weighted by Crippen LogP contribution is -2.27. The summed E-state index contributed by atoms with van der Waals surface area (Å²) in [5.41, 5.74) is 0.468. The largest absolute Gasteiger partial charge is 0.444 e. The van der Waals surface area contributed by atoms with Crippen LogP contribution in [0.15, 0.2) is 78.9 Å². The normalized spacial score (nSPS) is 12.2. The molecular formula is C28H21ClF4N2O3. The van der Waals surface area contributed by atoms with Gasteiger partial charge in [0.1, 0.15) is 5.82 Å². The predicted molar refractivity (Wildman–Crippen MR) is 135 cm³/mol. The van der Waals surface area contributed by atoms with Crippen molar-refractivity contribution in [3.8, 4) is 5.69 Å². The van der Waals surface area contributed by atoms with Gasteiger partial charge in [-0.3, -0.25) is 4.79 Å². The van der Waals surface area contributed by atoms with E-state index in [1.165, 1.54) is 30.3 Å². The molecule has 0 bridgehead atoms. The first kappa shape index (κ1) is 26.9. The Morgan fingerprint density at radius 1 is 0.947 bits per heavy atom. The van der Waals surface area contributed by atoms with E-state index < -0.39 is 41.2 Å². The molecule has 4 aromatic rings. The number of carbonyl (C=O) groups excluding carboxylic acids is 2. The van der Waals surface area contributed by atoms with E-state index in [2.05, 4.69) is 5.32 Å². The highest BCUT2D eigenvalue weighted by atomic mass is 35.5. The quantitative estimate of drug-likeness (QED) is 0.203. The number of carbonyl (C=O) groups is 2. The summed E-state index contributed by atoms with van der Waals surface area (Å²) in [6.45, 7) is 3.40. The molecule has 5 nitrogen and oxygen atoms in total. The van der Waals surface area contributed by atoms with E-state index >= 15 is 0 Å². The van der Waals surface area contributed by atoms with Crippen molar-refractivity contribution in [2.45, 2.75) is 26.1 Å². The number of rotatable bonds is 6. The second-order valence-electron chi connectivity index (χ2n) is 8.47. The fraction of sp³-hybridized carbons (Fsp3) is 0.143. The third-order valence-electron chi connectivity index (χ3n) is 5.85. The van der Waals surface area contributed by atoms with Crippen molar-refractivity contribution in [3.05, 3.63) is 118 Å². The van der Waals surface area contributed by atoms with Crippen LogP contribution in [0.25, 0.3) is 5.69 Å². The molecule has 0 radical (unpaired) electrons. The minimum atomic E-state index is -4.79. The average molecular weight is 545 g/mol. The van der Waals surface area contributed by atoms with Gasteiger partial charge in [0.25, 0.3) is 5.91 Å². The molecule has 0 spiro atoms. The van der Waals surface area contributed by atoms with Crippen molar-refractivity contribution in [3.63, 3.8) is 0 Å². The Morgan fingerprint density at radius 3 is 2.24 bits per heavy atom. The van der Waals surface area contributed by atoms with E-state index in [0.29, 0.717) is 23.1 Å². The molecule has 0 aliphatic rings. The average Bonchev–Trinajstić information content (AvgIpc) is 3.17. The standard InChI is InChI=1S/C28H21ClF4N2O3/c1-16-14-22(17(2)35(16)21-11-9-20(30)10-12-21)27(37)38-25(18-6-4-3-5-7-18)26(36)34-24-13-8-19(29)15-23(24)28(31,32)33/h3-15,25H,1-2H3,(H,34,36)/t25-/m0/s1. The van der Waals surface area contributed by atoms with Gasteiger partial charge in [-0.2, -0.15) is 13.2 Å². The van der Waals surface area contributed by atoms with E-state index in [1.54, 1.807) is 54.8 Å². The van der Waals surface area contributed by atoms with Crippen LogP contribution in [-0.2, 0) is 15.7 Å². The lowest BCUT2D eigenvalue weighted by molar-refractivity contribution is -0.137. The molecular weight excluding hydrogens is 524 g/mol. The number of halogens is 5. The summed E-state index contributed by atoms with van der Waals surface area (Å²) in [6, 6.07) is 18.1. The Balaban J connectivity index is 1.66. The van der Waals surface area contributed by atoms with Gasteiger partial charge in [-0.05, 0) is 62.4 Å². The lowest BCUT2D eigenvalue weighted by Gasteiger charge is -2.20. The van der Waals surface area contributed by atoms with Gasteiger partial charge in [0, 0.05) is 27.7 Å². The van der Waals surface area contributed by atoms with Crippen LogP contribution in [0.1, 0.15) is 39.0 Å². The number of benzene rings is 3. The first-order chi connectivity index (χ1) is 18.0. The summed E-state index contributed by atoms with van der Waals surface area (Å²) in [5, 5.41) is 2.07. The molecule has 38 heavy (non-hydrogen) atoms. The molecule has 4 rings (SSSR count). The molecule has 3 aromatic carbocycles. The third-order valence-corrected chi connectivity index (χ3v) is 6.08. The molecule has 1 N–H and O–H groups in total. The van der Waals surface area contributed by atoms with Gasteiger partial charge < -0.3 is 14.6 Å². The molecule has 1 heterocycles. The van der Waals surface area contributed by atoms with E-state index in [-0.39, 0.29) is 16.1 Å².